The van der Waals surface area contributed by atoms with Gasteiger partial charge in [-0.2, -0.15) is 0 Å². The predicted octanol–water partition coefficient (Wildman–Crippen LogP) is 2.33. The molecular weight excluding hydrogens is 335 g/mol. The van der Waals surface area contributed by atoms with E-state index in [2.05, 4.69) is 10.0 Å². The first-order valence-corrected chi connectivity index (χ1v) is 8.86. The number of sulfonamides is 1. The third-order valence-corrected chi connectivity index (χ3v) is 5.48. The van der Waals surface area contributed by atoms with Gasteiger partial charge in [0.05, 0.1) is 21.5 Å². The van der Waals surface area contributed by atoms with Gasteiger partial charge in [0.2, 0.25) is 15.9 Å². The quantitative estimate of drug-likeness (QED) is 0.855. The van der Waals surface area contributed by atoms with E-state index < -0.39 is 10.0 Å². The van der Waals surface area contributed by atoms with Crippen molar-refractivity contribution < 1.29 is 13.2 Å². The molecule has 0 saturated heterocycles. The molecule has 0 aliphatic heterocycles. The molecule has 8 heteroatoms. The van der Waals surface area contributed by atoms with E-state index in [4.69, 9.17) is 23.2 Å². The minimum atomic E-state index is -3.78. The van der Waals surface area contributed by atoms with E-state index >= 15 is 0 Å². The maximum atomic E-state index is 12.0. The number of carbonyl (C=O) groups is 1. The summed E-state index contributed by atoms with van der Waals surface area (Å²) >= 11 is 11.5. The fourth-order valence-electron chi connectivity index (χ4n) is 2.24. The smallest absolute Gasteiger partial charge is 0.241 e. The van der Waals surface area contributed by atoms with Crippen LogP contribution >= 0.6 is 23.2 Å². The summed E-state index contributed by atoms with van der Waals surface area (Å²) in [5.41, 5.74) is 0. The highest BCUT2D eigenvalue weighted by Gasteiger charge is 2.20. The van der Waals surface area contributed by atoms with Crippen molar-refractivity contribution in [1.29, 1.82) is 0 Å². The second-order valence-corrected chi connectivity index (χ2v) is 7.53. The highest BCUT2D eigenvalue weighted by Crippen LogP contribution is 2.24. The number of rotatable bonds is 5. The van der Waals surface area contributed by atoms with Crippen LogP contribution in [0, 0.1) is 0 Å². The molecule has 1 fully saturated rings. The van der Waals surface area contributed by atoms with Gasteiger partial charge in [0.1, 0.15) is 0 Å². The van der Waals surface area contributed by atoms with Crippen LogP contribution in [0.3, 0.4) is 0 Å². The molecule has 21 heavy (non-hydrogen) atoms. The molecule has 1 aromatic rings. The molecule has 1 aromatic carbocycles. The molecule has 116 valence electrons. The SMILES string of the molecule is O=C(CNS(=O)(=O)c1ccc(Cl)c(Cl)c1)NC1CCCC1. The van der Waals surface area contributed by atoms with Crippen molar-refractivity contribution in [3.8, 4) is 0 Å². The molecule has 1 aliphatic rings. The van der Waals surface area contributed by atoms with Crippen LogP contribution in [0.4, 0.5) is 0 Å². The van der Waals surface area contributed by atoms with Crippen molar-refractivity contribution in [2.24, 2.45) is 0 Å². The summed E-state index contributed by atoms with van der Waals surface area (Å²) in [5.74, 6) is -0.328. The van der Waals surface area contributed by atoms with Crippen molar-refractivity contribution in [3.63, 3.8) is 0 Å². The Bertz CT molecular complexity index is 628. The molecule has 0 unspecified atom stereocenters. The average Bonchev–Trinajstić information content (AvgIpc) is 2.92. The van der Waals surface area contributed by atoms with Crippen molar-refractivity contribution in [2.45, 2.75) is 36.6 Å². The standard InChI is InChI=1S/C13H16Cl2N2O3S/c14-11-6-5-10(7-12(11)15)21(19,20)16-8-13(18)17-9-3-1-2-4-9/h5-7,9,16H,1-4,8H2,(H,17,18). The molecule has 0 bridgehead atoms. The number of amides is 1. The van der Waals surface area contributed by atoms with Crippen molar-refractivity contribution in [2.75, 3.05) is 6.54 Å². The summed E-state index contributed by atoms with van der Waals surface area (Å²) in [7, 11) is -3.78. The van der Waals surface area contributed by atoms with Crippen LogP contribution in [0.15, 0.2) is 23.1 Å². The van der Waals surface area contributed by atoms with Gasteiger partial charge in [-0.25, -0.2) is 13.1 Å². The molecule has 0 atom stereocenters. The van der Waals surface area contributed by atoms with Crippen molar-refractivity contribution in [3.05, 3.63) is 28.2 Å². The minimum absolute atomic E-state index is 0.0226. The Morgan fingerprint density at radius 3 is 2.48 bits per heavy atom. The highest BCUT2D eigenvalue weighted by atomic mass is 35.5. The van der Waals surface area contributed by atoms with Gasteiger partial charge in [-0.05, 0) is 31.0 Å². The second kappa shape index (κ2) is 6.96. The first-order valence-electron chi connectivity index (χ1n) is 6.62. The van der Waals surface area contributed by atoms with Crippen molar-refractivity contribution in [1.82, 2.24) is 10.0 Å². The predicted molar refractivity (Wildman–Crippen MR) is 82.0 cm³/mol. The van der Waals surface area contributed by atoms with E-state index in [-0.39, 0.29) is 33.4 Å². The summed E-state index contributed by atoms with van der Waals surface area (Å²) in [6, 6.07) is 4.15. The number of benzene rings is 1. The molecule has 0 heterocycles. The zero-order valence-electron chi connectivity index (χ0n) is 11.2. The van der Waals surface area contributed by atoms with Crippen LogP contribution in [-0.4, -0.2) is 26.9 Å². The van der Waals surface area contributed by atoms with Gasteiger partial charge in [-0.15, -0.1) is 0 Å². The first-order chi connectivity index (χ1) is 9.88. The molecule has 2 rings (SSSR count). The van der Waals surface area contributed by atoms with Crippen LogP contribution < -0.4 is 10.0 Å². The summed E-state index contributed by atoms with van der Waals surface area (Å²) < 4.78 is 26.3. The zero-order valence-corrected chi connectivity index (χ0v) is 13.6. The summed E-state index contributed by atoms with van der Waals surface area (Å²) in [6.45, 7) is -0.293. The molecule has 2 N–H and O–H groups in total. The third kappa shape index (κ3) is 4.57. The molecule has 0 aromatic heterocycles. The Labute approximate surface area is 134 Å². The topological polar surface area (TPSA) is 75.3 Å². The second-order valence-electron chi connectivity index (χ2n) is 4.95. The van der Waals surface area contributed by atoms with E-state index in [1.54, 1.807) is 0 Å². The number of carbonyl (C=O) groups excluding carboxylic acids is 1. The van der Waals surface area contributed by atoms with Crippen LogP contribution in [0.25, 0.3) is 0 Å². The Hall–Kier alpha value is -0.820. The Morgan fingerprint density at radius 2 is 1.86 bits per heavy atom. The zero-order chi connectivity index (χ0) is 15.5. The normalized spacial score (nSPS) is 16.1. The Balaban J connectivity index is 1.94. The van der Waals surface area contributed by atoms with Crippen LogP contribution in [-0.2, 0) is 14.8 Å². The number of hydrogen-bond acceptors (Lipinski definition) is 3. The maximum absolute atomic E-state index is 12.0. The molecule has 1 aliphatic carbocycles. The molecule has 0 radical (unpaired) electrons. The fourth-order valence-corrected chi connectivity index (χ4v) is 3.61. The lowest BCUT2D eigenvalue weighted by Crippen LogP contribution is -2.40. The van der Waals surface area contributed by atoms with Crippen LogP contribution in [0.5, 0.6) is 0 Å². The van der Waals surface area contributed by atoms with E-state index in [1.165, 1.54) is 18.2 Å². The van der Waals surface area contributed by atoms with E-state index in [0.717, 1.165) is 25.7 Å². The fraction of sp³-hybridized carbons (Fsp3) is 0.462. The monoisotopic (exact) mass is 350 g/mol. The van der Waals surface area contributed by atoms with Gasteiger partial charge < -0.3 is 5.32 Å². The Kier molecular flexibility index (Phi) is 5.48. The largest absolute Gasteiger partial charge is 0.352 e. The summed E-state index contributed by atoms with van der Waals surface area (Å²) in [4.78, 5) is 11.7. The van der Waals surface area contributed by atoms with Gasteiger partial charge in [-0.3, -0.25) is 4.79 Å². The molecular formula is C13H16Cl2N2O3S. The van der Waals surface area contributed by atoms with Gasteiger partial charge >= 0.3 is 0 Å². The summed E-state index contributed by atoms with van der Waals surface area (Å²) in [5, 5.41) is 3.23. The van der Waals surface area contributed by atoms with E-state index in [0.29, 0.717) is 0 Å². The minimum Gasteiger partial charge on any atom is -0.352 e. The van der Waals surface area contributed by atoms with Crippen molar-refractivity contribution >= 4 is 39.1 Å². The van der Waals surface area contributed by atoms with Gasteiger partial charge in [0, 0.05) is 6.04 Å². The first kappa shape index (κ1) is 16.5. The average molecular weight is 351 g/mol. The van der Waals surface area contributed by atoms with Gasteiger partial charge in [0.25, 0.3) is 0 Å². The molecule has 5 nitrogen and oxygen atoms in total. The molecule has 0 spiro atoms. The van der Waals surface area contributed by atoms with Crippen LogP contribution in [0.1, 0.15) is 25.7 Å². The lowest BCUT2D eigenvalue weighted by molar-refractivity contribution is -0.120. The van der Waals surface area contributed by atoms with E-state index in [1.807, 2.05) is 0 Å². The number of hydrogen-bond donors (Lipinski definition) is 2. The maximum Gasteiger partial charge on any atom is 0.241 e. The number of nitrogens with one attached hydrogen (secondary N) is 2. The lowest BCUT2D eigenvalue weighted by Gasteiger charge is -2.12. The highest BCUT2D eigenvalue weighted by molar-refractivity contribution is 7.89. The third-order valence-electron chi connectivity index (χ3n) is 3.34. The molecule has 1 amide bonds. The van der Waals surface area contributed by atoms with Gasteiger partial charge in [0.15, 0.2) is 0 Å². The Morgan fingerprint density at radius 1 is 1.19 bits per heavy atom. The van der Waals surface area contributed by atoms with Crippen LogP contribution in [0.2, 0.25) is 10.0 Å². The lowest BCUT2D eigenvalue weighted by atomic mass is 10.2. The molecule has 1 saturated carbocycles. The number of halogens is 2. The summed E-state index contributed by atoms with van der Waals surface area (Å²) in [6.07, 6.45) is 4.09. The van der Waals surface area contributed by atoms with E-state index in [9.17, 15) is 13.2 Å². The van der Waals surface area contributed by atoms with Gasteiger partial charge in [-0.1, -0.05) is 36.0 Å².